The number of likely N-dealkylation sites (tertiary alicyclic amines) is 1. The monoisotopic (exact) mass is 427 g/mol. The molecule has 1 unspecified atom stereocenters. The fraction of sp³-hybridized carbons (Fsp3) is 0.682. The van der Waals surface area contributed by atoms with Gasteiger partial charge in [0.25, 0.3) is 0 Å². The van der Waals surface area contributed by atoms with Gasteiger partial charge in [-0.15, -0.1) is 24.8 Å². The van der Waals surface area contributed by atoms with Gasteiger partial charge in [-0.1, -0.05) is 31.2 Å². The zero-order chi connectivity index (χ0) is 18.0. The number of nitrogens with one attached hydrogen (secondary N) is 2. The van der Waals surface area contributed by atoms with Crippen molar-refractivity contribution in [2.45, 2.75) is 52.1 Å². The van der Waals surface area contributed by atoms with Gasteiger partial charge in [0.05, 0.1) is 0 Å². The van der Waals surface area contributed by atoms with Gasteiger partial charge >= 0.3 is 0 Å². The highest BCUT2D eigenvalue weighted by Crippen LogP contribution is 2.58. The zero-order valence-corrected chi connectivity index (χ0v) is 18.5. The number of amides is 1. The highest BCUT2D eigenvalue weighted by Gasteiger charge is 2.57. The number of hydrogen-bond donors (Lipinski definition) is 2. The Kier molecular flexibility index (Phi) is 8.62. The van der Waals surface area contributed by atoms with Crippen LogP contribution in [-0.2, 0) is 17.9 Å². The van der Waals surface area contributed by atoms with Crippen molar-refractivity contribution in [2.75, 3.05) is 26.2 Å². The minimum Gasteiger partial charge on any atom is -0.352 e. The minimum absolute atomic E-state index is 0. The molecule has 28 heavy (non-hydrogen) atoms. The van der Waals surface area contributed by atoms with Crippen molar-refractivity contribution in [3.63, 3.8) is 0 Å². The van der Waals surface area contributed by atoms with Crippen LogP contribution in [0.2, 0.25) is 0 Å². The second-order valence-corrected chi connectivity index (χ2v) is 8.87. The van der Waals surface area contributed by atoms with E-state index in [1.54, 1.807) is 0 Å². The Balaban J connectivity index is 0.00000140. The van der Waals surface area contributed by atoms with Crippen molar-refractivity contribution in [3.8, 4) is 0 Å². The third kappa shape index (κ3) is 5.63. The molecule has 3 fully saturated rings. The molecule has 2 N–H and O–H groups in total. The Morgan fingerprint density at radius 3 is 2.57 bits per heavy atom. The number of hydrogen-bond acceptors (Lipinski definition) is 3. The van der Waals surface area contributed by atoms with Crippen LogP contribution in [0.4, 0.5) is 0 Å². The Morgan fingerprint density at radius 1 is 1.18 bits per heavy atom. The molecule has 0 aromatic heterocycles. The molecule has 1 saturated carbocycles. The number of benzene rings is 1. The fourth-order valence-electron chi connectivity index (χ4n) is 4.82. The van der Waals surface area contributed by atoms with Gasteiger partial charge in [-0.2, -0.15) is 0 Å². The summed E-state index contributed by atoms with van der Waals surface area (Å²) in [7, 11) is 0. The lowest BCUT2D eigenvalue weighted by atomic mass is 9.92. The van der Waals surface area contributed by atoms with Gasteiger partial charge in [0, 0.05) is 19.0 Å². The van der Waals surface area contributed by atoms with Gasteiger partial charge in [0.2, 0.25) is 5.91 Å². The largest absolute Gasteiger partial charge is 0.352 e. The molecular weight excluding hydrogens is 393 g/mol. The lowest BCUT2D eigenvalue weighted by molar-refractivity contribution is -0.123. The van der Waals surface area contributed by atoms with Crippen molar-refractivity contribution in [2.24, 2.45) is 17.3 Å². The second-order valence-electron chi connectivity index (χ2n) is 8.87. The van der Waals surface area contributed by atoms with Crippen LogP contribution in [0.15, 0.2) is 24.3 Å². The Morgan fingerprint density at radius 2 is 1.86 bits per heavy atom. The van der Waals surface area contributed by atoms with Gasteiger partial charge in [-0.3, -0.25) is 9.69 Å². The van der Waals surface area contributed by atoms with Gasteiger partial charge in [-0.05, 0) is 80.7 Å². The number of carbonyl (C=O) groups is 1. The molecule has 4 nitrogen and oxygen atoms in total. The predicted octanol–water partition coefficient (Wildman–Crippen LogP) is 3.77. The third-order valence-corrected chi connectivity index (χ3v) is 6.85. The van der Waals surface area contributed by atoms with Crippen molar-refractivity contribution in [3.05, 3.63) is 35.4 Å². The van der Waals surface area contributed by atoms with E-state index in [4.69, 9.17) is 0 Å². The summed E-state index contributed by atoms with van der Waals surface area (Å²) in [6.45, 7) is 8.61. The molecule has 2 heterocycles. The van der Waals surface area contributed by atoms with Crippen LogP contribution in [0.25, 0.3) is 0 Å². The molecule has 1 spiro atoms. The van der Waals surface area contributed by atoms with Crippen molar-refractivity contribution >= 4 is 30.7 Å². The molecule has 158 valence electrons. The molecule has 3 aliphatic rings. The van der Waals surface area contributed by atoms with E-state index in [9.17, 15) is 4.79 Å². The number of rotatable bonds is 5. The lowest BCUT2D eigenvalue weighted by Crippen LogP contribution is -2.33. The molecule has 6 heteroatoms. The standard InChI is InChI=1S/C22H33N3O.2ClH/c1-17-5-11-25(12-6-17)16-19-4-2-3-18(13-19)15-24-21(26)20-14-22(20)7-9-23-10-8-22;;/h2-4,13,17,20,23H,5-12,14-16H2,1H3,(H,24,26);2*1H. The summed E-state index contributed by atoms with van der Waals surface area (Å²) in [4.78, 5) is 15.1. The first-order valence-corrected chi connectivity index (χ1v) is 10.4. The molecule has 2 saturated heterocycles. The summed E-state index contributed by atoms with van der Waals surface area (Å²) in [6, 6.07) is 8.75. The molecule has 1 amide bonds. The van der Waals surface area contributed by atoms with E-state index in [0.717, 1.165) is 44.8 Å². The SMILES string of the molecule is CC1CCN(Cc2cccc(CNC(=O)C3CC34CCNCC4)c2)CC1.Cl.Cl. The van der Waals surface area contributed by atoms with E-state index in [0.29, 0.717) is 12.0 Å². The van der Waals surface area contributed by atoms with Gasteiger partial charge in [0.1, 0.15) is 0 Å². The average Bonchev–Trinajstić information content (AvgIpc) is 3.35. The second kappa shape index (κ2) is 10.3. The Hall–Kier alpha value is -0.810. The van der Waals surface area contributed by atoms with Crippen LogP contribution in [0, 0.1) is 17.3 Å². The molecule has 1 aliphatic carbocycles. The van der Waals surface area contributed by atoms with Crippen LogP contribution in [-0.4, -0.2) is 37.0 Å². The van der Waals surface area contributed by atoms with Crippen LogP contribution in [0.1, 0.15) is 50.2 Å². The van der Waals surface area contributed by atoms with Crippen molar-refractivity contribution < 1.29 is 4.79 Å². The Labute approximate surface area is 182 Å². The van der Waals surface area contributed by atoms with E-state index >= 15 is 0 Å². The third-order valence-electron chi connectivity index (χ3n) is 6.85. The highest BCUT2D eigenvalue weighted by atomic mass is 35.5. The molecule has 1 aromatic rings. The summed E-state index contributed by atoms with van der Waals surface area (Å²) in [6.07, 6.45) is 6.04. The van der Waals surface area contributed by atoms with Crippen molar-refractivity contribution in [1.29, 1.82) is 0 Å². The quantitative estimate of drug-likeness (QED) is 0.751. The normalized spacial score (nSPS) is 24.1. The number of carbonyl (C=O) groups excluding carboxylic acids is 1. The van der Waals surface area contributed by atoms with E-state index in [-0.39, 0.29) is 36.6 Å². The maximum Gasteiger partial charge on any atom is 0.223 e. The minimum atomic E-state index is 0. The molecule has 0 bridgehead atoms. The van der Waals surface area contributed by atoms with E-state index in [1.807, 2.05) is 0 Å². The first-order chi connectivity index (χ1) is 12.6. The topological polar surface area (TPSA) is 44.4 Å². The molecular formula is C22H35Cl2N3O. The number of halogens is 2. The zero-order valence-electron chi connectivity index (χ0n) is 16.9. The summed E-state index contributed by atoms with van der Waals surface area (Å²) in [5.41, 5.74) is 2.91. The summed E-state index contributed by atoms with van der Waals surface area (Å²) >= 11 is 0. The van der Waals surface area contributed by atoms with Gasteiger partial charge in [0.15, 0.2) is 0 Å². The Bertz CT molecular complexity index is 640. The van der Waals surface area contributed by atoms with E-state index in [1.165, 1.54) is 37.1 Å². The summed E-state index contributed by atoms with van der Waals surface area (Å²) in [5.74, 6) is 1.39. The smallest absolute Gasteiger partial charge is 0.223 e. The molecule has 1 atom stereocenters. The van der Waals surface area contributed by atoms with E-state index in [2.05, 4.69) is 46.7 Å². The number of nitrogens with zero attached hydrogens (tertiary/aromatic N) is 1. The molecule has 4 rings (SSSR count). The maximum atomic E-state index is 12.5. The molecule has 2 aliphatic heterocycles. The van der Waals surface area contributed by atoms with Gasteiger partial charge in [-0.25, -0.2) is 0 Å². The number of piperidine rings is 2. The predicted molar refractivity (Wildman–Crippen MR) is 119 cm³/mol. The van der Waals surface area contributed by atoms with Crippen LogP contribution in [0.5, 0.6) is 0 Å². The van der Waals surface area contributed by atoms with Crippen LogP contribution >= 0.6 is 24.8 Å². The first-order valence-electron chi connectivity index (χ1n) is 10.4. The van der Waals surface area contributed by atoms with Crippen LogP contribution < -0.4 is 10.6 Å². The van der Waals surface area contributed by atoms with Gasteiger partial charge < -0.3 is 10.6 Å². The van der Waals surface area contributed by atoms with Crippen molar-refractivity contribution in [1.82, 2.24) is 15.5 Å². The maximum absolute atomic E-state index is 12.5. The lowest BCUT2D eigenvalue weighted by Gasteiger charge is -2.30. The fourth-order valence-corrected chi connectivity index (χ4v) is 4.82. The average molecular weight is 428 g/mol. The summed E-state index contributed by atoms with van der Waals surface area (Å²) < 4.78 is 0. The van der Waals surface area contributed by atoms with E-state index < -0.39 is 0 Å². The highest BCUT2D eigenvalue weighted by molar-refractivity contribution is 5.85. The first kappa shape index (κ1) is 23.5. The van der Waals surface area contributed by atoms with Crippen LogP contribution in [0.3, 0.4) is 0 Å². The summed E-state index contributed by atoms with van der Waals surface area (Å²) in [5, 5.41) is 6.60. The molecule has 1 aromatic carbocycles. The molecule has 0 radical (unpaired) electrons.